The lowest BCUT2D eigenvalue weighted by molar-refractivity contribution is -0.0550. The predicted molar refractivity (Wildman–Crippen MR) is 75.9 cm³/mol. The van der Waals surface area contributed by atoms with Gasteiger partial charge in [-0.3, -0.25) is 4.57 Å². The van der Waals surface area contributed by atoms with Crippen LogP contribution < -0.4 is 11.4 Å². The fourth-order valence-corrected chi connectivity index (χ4v) is 2.43. The monoisotopic (exact) mass is 315 g/mol. The highest BCUT2D eigenvalue weighted by Crippen LogP contribution is 2.28. The van der Waals surface area contributed by atoms with Crippen molar-refractivity contribution in [2.24, 2.45) is 0 Å². The summed E-state index contributed by atoms with van der Waals surface area (Å²) in [5.74, 6) is 0.0888. The zero-order chi connectivity index (χ0) is 16.3. The number of aromatic nitrogens is 2. The van der Waals surface area contributed by atoms with Gasteiger partial charge in [0.05, 0.1) is 6.61 Å². The molecule has 1 aliphatic heterocycles. The molecule has 0 aliphatic carbocycles. The first-order chi connectivity index (χ1) is 10.5. The van der Waals surface area contributed by atoms with Crippen molar-refractivity contribution in [3.63, 3.8) is 0 Å². The van der Waals surface area contributed by atoms with E-state index in [0.29, 0.717) is 24.8 Å². The van der Waals surface area contributed by atoms with Gasteiger partial charge in [0.15, 0.2) is 6.23 Å². The van der Waals surface area contributed by atoms with Gasteiger partial charge in [0.2, 0.25) is 0 Å². The molecule has 1 fully saturated rings. The second kappa shape index (κ2) is 7.16. The van der Waals surface area contributed by atoms with E-state index in [-0.39, 0.29) is 12.4 Å². The van der Waals surface area contributed by atoms with Crippen LogP contribution >= 0.6 is 0 Å². The quantitative estimate of drug-likeness (QED) is 0.369. The van der Waals surface area contributed by atoms with Crippen LogP contribution in [0.4, 0.5) is 5.82 Å². The second-order valence-electron chi connectivity index (χ2n) is 5.25. The Morgan fingerprint density at radius 3 is 2.59 bits per heavy atom. The van der Waals surface area contributed by atoms with Gasteiger partial charge in [0, 0.05) is 18.4 Å². The summed E-state index contributed by atoms with van der Waals surface area (Å²) in [6.45, 7) is -0.420. The topological polar surface area (TPSA) is 151 Å². The van der Waals surface area contributed by atoms with Crippen molar-refractivity contribution in [2.75, 3.05) is 18.9 Å². The Bertz CT molecular complexity index is 563. The van der Waals surface area contributed by atoms with E-state index in [2.05, 4.69) is 4.98 Å². The van der Waals surface area contributed by atoms with Gasteiger partial charge in [-0.1, -0.05) is 0 Å². The molecule has 0 saturated carbocycles. The number of nitrogens with two attached hydrogens (primary N) is 1. The molecule has 0 unspecified atom stereocenters. The van der Waals surface area contributed by atoms with Gasteiger partial charge < -0.3 is 30.9 Å². The van der Waals surface area contributed by atoms with Crippen molar-refractivity contribution in [3.05, 3.63) is 22.2 Å². The Morgan fingerprint density at radius 1 is 1.27 bits per heavy atom. The molecule has 1 aliphatic rings. The van der Waals surface area contributed by atoms with Crippen LogP contribution in [0.2, 0.25) is 0 Å². The summed E-state index contributed by atoms with van der Waals surface area (Å²) in [5.41, 5.74) is 5.59. The summed E-state index contributed by atoms with van der Waals surface area (Å²) in [5, 5.41) is 37.6. The van der Waals surface area contributed by atoms with Crippen LogP contribution in [-0.2, 0) is 11.2 Å². The average molecular weight is 315 g/mol. The lowest BCUT2D eigenvalue weighted by Crippen LogP contribution is -2.36. The maximum atomic E-state index is 12.0. The molecule has 0 radical (unpaired) electrons. The third kappa shape index (κ3) is 3.28. The van der Waals surface area contributed by atoms with Gasteiger partial charge in [-0.25, -0.2) is 4.79 Å². The number of hydrogen-bond donors (Lipinski definition) is 5. The molecule has 9 heteroatoms. The van der Waals surface area contributed by atoms with Crippen molar-refractivity contribution in [1.29, 1.82) is 0 Å². The van der Waals surface area contributed by atoms with Crippen LogP contribution in [-0.4, -0.2) is 61.5 Å². The van der Waals surface area contributed by atoms with E-state index in [1.165, 1.54) is 6.20 Å². The maximum Gasteiger partial charge on any atom is 0.351 e. The normalized spacial score (nSPS) is 28.2. The molecule has 0 amide bonds. The van der Waals surface area contributed by atoms with Crippen molar-refractivity contribution in [2.45, 2.75) is 43.8 Å². The molecule has 0 spiro atoms. The summed E-state index contributed by atoms with van der Waals surface area (Å²) in [4.78, 5) is 15.6. The number of hydrogen-bond acceptors (Lipinski definition) is 8. The molecule has 22 heavy (non-hydrogen) atoms. The van der Waals surface area contributed by atoms with Crippen LogP contribution in [0.5, 0.6) is 0 Å². The molecule has 0 aromatic carbocycles. The molecule has 2 heterocycles. The van der Waals surface area contributed by atoms with Gasteiger partial charge in [-0.2, -0.15) is 4.98 Å². The lowest BCUT2D eigenvalue weighted by atomic mass is 10.1. The molecule has 0 bridgehead atoms. The van der Waals surface area contributed by atoms with Crippen LogP contribution in [0.25, 0.3) is 0 Å². The fraction of sp³-hybridized carbons (Fsp3) is 0.692. The van der Waals surface area contributed by atoms with E-state index in [4.69, 9.17) is 20.7 Å². The third-order valence-electron chi connectivity index (χ3n) is 3.71. The van der Waals surface area contributed by atoms with E-state index in [1.807, 2.05) is 0 Å². The molecule has 9 nitrogen and oxygen atoms in total. The van der Waals surface area contributed by atoms with Crippen LogP contribution in [0.3, 0.4) is 0 Å². The Balaban J connectivity index is 2.27. The fourth-order valence-electron chi connectivity index (χ4n) is 2.43. The summed E-state index contributed by atoms with van der Waals surface area (Å²) >= 11 is 0. The number of nitrogen functional groups attached to an aromatic ring is 1. The SMILES string of the molecule is Nc1nc(=O)n([C@@H]2O[C@H](CO)[C@@H](O)[C@@H]2O)cc1CCCCO. The van der Waals surface area contributed by atoms with Crippen molar-refractivity contribution in [1.82, 2.24) is 9.55 Å². The van der Waals surface area contributed by atoms with Crippen molar-refractivity contribution in [3.8, 4) is 0 Å². The number of unbranched alkanes of at least 4 members (excludes halogenated alkanes) is 1. The Kier molecular flexibility index (Phi) is 5.48. The number of anilines is 1. The van der Waals surface area contributed by atoms with Gasteiger partial charge in [0.1, 0.15) is 24.1 Å². The van der Waals surface area contributed by atoms with Crippen LogP contribution in [0.15, 0.2) is 11.0 Å². The van der Waals surface area contributed by atoms with E-state index >= 15 is 0 Å². The molecule has 124 valence electrons. The minimum Gasteiger partial charge on any atom is -0.396 e. The molecular weight excluding hydrogens is 294 g/mol. The minimum absolute atomic E-state index is 0.0573. The molecule has 1 aromatic heterocycles. The zero-order valence-electron chi connectivity index (χ0n) is 12.0. The lowest BCUT2D eigenvalue weighted by Gasteiger charge is -2.18. The number of ether oxygens (including phenoxy) is 1. The molecule has 6 N–H and O–H groups in total. The average Bonchev–Trinajstić information content (AvgIpc) is 2.77. The van der Waals surface area contributed by atoms with Gasteiger partial charge in [-0.05, 0) is 19.3 Å². The van der Waals surface area contributed by atoms with E-state index in [0.717, 1.165) is 4.57 Å². The van der Waals surface area contributed by atoms with Crippen molar-refractivity contribution >= 4 is 5.82 Å². The number of aryl methyl sites for hydroxylation is 1. The maximum absolute atomic E-state index is 12.0. The van der Waals surface area contributed by atoms with E-state index in [1.54, 1.807) is 0 Å². The molecular formula is C13H21N3O6. The highest BCUT2D eigenvalue weighted by atomic mass is 16.6. The second-order valence-corrected chi connectivity index (χ2v) is 5.25. The first-order valence-electron chi connectivity index (χ1n) is 7.10. The first kappa shape index (κ1) is 16.8. The Hall–Kier alpha value is -1.52. The largest absolute Gasteiger partial charge is 0.396 e. The van der Waals surface area contributed by atoms with E-state index in [9.17, 15) is 15.0 Å². The third-order valence-corrected chi connectivity index (χ3v) is 3.71. The molecule has 1 saturated heterocycles. The van der Waals surface area contributed by atoms with Crippen LogP contribution in [0.1, 0.15) is 24.6 Å². The molecule has 2 rings (SSSR count). The van der Waals surface area contributed by atoms with Crippen molar-refractivity contribution < 1.29 is 25.2 Å². The molecule has 1 aromatic rings. The summed E-state index contributed by atoms with van der Waals surface area (Å²) in [7, 11) is 0. The molecule has 4 atom stereocenters. The zero-order valence-corrected chi connectivity index (χ0v) is 12.0. The Morgan fingerprint density at radius 2 is 2.00 bits per heavy atom. The number of aliphatic hydroxyl groups is 4. The standard InChI is InChI=1S/C13H21N3O6/c14-11-7(3-1-2-4-17)5-16(13(21)15-11)12-10(20)9(19)8(6-18)22-12/h5,8-10,12,17-20H,1-4,6H2,(H2,14,15,21)/t8-,9-,10+,12-/m1/s1. The minimum atomic E-state index is -1.36. The van der Waals surface area contributed by atoms with Gasteiger partial charge in [0.25, 0.3) is 0 Å². The summed E-state index contributed by atoms with van der Waals surface area (Å²) in [6, 6.07) is 0. The highest BCUT2D eigenvalue weighted by Gasteiger charge is 2.43. The highest BCUT2D eigenvalue weighted by molar-refractivity contribution is 5.36. The number of aliphatic hydroxyl groups excluding tert-OH is 4. The van der Waals surface area contributed by atoms with Crippen LogP contribution in [0, 0.1) is 0 Å². The van der Waals surface area contributed by atoms with E-state index < -0.39 is 36.8 Å². The van der Waals surface area contributed by atoms with Gasteiger partial charge >= 0.3 is 5.69 Å². The number of nitrogens with zero attached hydrogens (tertiary/aromatic N) is 2. The summed E-state index contributed by atoms with van der Waals surface area (Å²) < 4.78 is 6.38. The Labute approximate surface area is 126 Å². The predicted octanol–water partition coefficient (Wildman–Crippen LogP) is -2.25. The number of rotatable bonds is 6. The first-order valence-corrected chi connectivity index (χ1v) is 7.10. The summed E-state index contributed by atoms with van der Waals surface area (Å²) in [6.07, 6.45) is -1.56. The smallest absolute Gasteiger partial charge is 0.351 e. The van der Waals surface area contributed by atoms with Gasteiger partial charge in [-0.15, -0.1) is 0 Å².